The number of fused-ring (bicyclic) bond motifs is 1. The highest BCUT2D eigenvalue weighted by molar-refractivity contribution is 6.05. The number of amides is 3. The molecule has 0 radical (unpaired) electrons. The fourth-order valence-corrected chi connectivity index (χ4v) is 4.26. The maximum atomic E-state index is 12.7. The van der Waals surface area contributed by atoms with Gasteiger partial charge in [0, 0.05) is 30.5 Å². The van der Waals surface area contributed by atoms with Gasteiger partial charge in [-0.25, -0.2) is 0 Å². The summed E-state index contributed by atoms with van der Waals surface area (Å²) in [6.07, 6.45) is 5.15. The minimum atomic E-state index is -0.572. The molecule has 3 aliphatic heterocycles. The van der Waals surface area contributed by atoms with Crippen LogP contribution in [0.3, 0.4) is 0 Å². The van der Waals surface area contributed by atoms with Crippen molar-refractivity contribution in [2.45, 2.75) is 51.1 Å². The fourth-order valence-electron chi connectivity index (χ4n) is 4.26. The van der Waals surface area contributed by atoms with Gasteiger partial charge in [0.2, 0.25) is 11.8 Å². The normalized spacial score (nSPS) is 22.5. The third-order valence-electron chi connectivity index (χ3n) is 5.89. The van der Waals surface area contributed by atoms with Crippen molar-refractivity contribution in [2.75, 3.05) is 13.1 Å². The molecule has 4 rings (SSSR count). The highest BCUT2D eigenvalue weighted by Gasteiger charge is 2.38. The first-order valence-corrected chi connectivity index (χ1v) is 10.1. The van der Waals surface area contributed by atoms with Gasteiger partial charge in [-0.05, 0) is 68.5 Å². The van der Waals surface area contributed by atoms with Gasteiger partial charge >= 0.3 is 0 Å². The summed E-state index contributed by atoms with van der Waals surface area (Å²) in [6, 6.07) is 5.07. The second-order valence-electron chi connectivity index (χ2n) is 7.81. The van der Waals surface area contributed by atoms with Gasteiger partial charge in [-0.1, -0.05) is 11.8 Å². The number of piperidine rings is 2. The maximum Gasteiger partial charge on any atom is 0.255 e. The first-order valence-electron chi connectivity index (χ1n) is 10.1. The molecule has 6 nitrogen and oxygen atoms in total. The van der Waals surface area contributed by atoms with E-state index in [2.05, 4.69) is 22.5 Å². The Morgan fingerprint density at radius 3 is 2.71 bits per heavy atom. The highest BCUT2D eigenvalue weighted by atomic mass is 16.2. The molecule has 3 aliphatic rings. The number of imide groups is 1. The minimum Gasteiger partial charge on any atom is -0.322 e. The van der Waals surface area contributed by atoms with Gasteiger partial charge in [0.25, 0.3) is 5.91 Å². The summed E-state index contributed by atoms with van der Waals surface area (Å²) in [4.78, 5) is 37.7. The molecule has 2 saturated heterocycles. The molecular formula is C22H25N3O3. The molecule has 3 amide bonds. The lowest BCUT2D eigenvalue weighted by molar-refractivity contribution is -0.136. The van der Waals surface area contributed by atoms with Crippen LogP contribution in [0.1, 0.15) is 60.0 Å². The largest absolute Gasteiger partial charge is 0.322 e. The predicted molar refractivity (Wildman–Crippen MR) is 104 cm³/mol. The van der Waals surface area contributed by atoms with Crippen LogP contribution in [0.2, 0.25) is 0 Å². The molecule has 0 saturated carbocycles. The molecule has 1 unspecified atom stereocenters. The van der Waals surface area contributed by atoms with E-state index in [1.54, 1.807) is 11.0 Å². The second kappa shape index (κ2) is 8.15. The topological polar surface area (TPSA) is 78.5 Å². The number of nitrogens with one attached hydrogen (secondary N) is 2. The monoisotopic (exact) mass is 379 g/mol. The van der Waals surface area contributed by atoms with Gasteiger partial charge in [0.05, 0.1) is 0 Å². The van der Waals surface area contributed by atoms with E-state index < -0.39 is 6.04 Å². The summed E-state index contributed by atoms with van der Waals surface area (Å²) in [7, 11) is 0. The zero-order valence-corrected chi connectivity index (χ0v) is 15.9. The Bertz CT molecular complexity index is 862. The van der Waals surface area contributed by atoms with Crippen molar-refractivity contribution >= 4 is 17.7 Å². The van der Waals surface area contributed by atoms with Crippen molar-refractivity contribution in [3.05, 3.63) is 34.9 Å². The van der Waals surface area contributed by atoms with Crippen LogP contribution in [0.25, 0.3) is 0 Å². The van der Waals surface area contributed by atoms with Crippen molar-refractivity contribution < 1.29 is 14.4 Å². The van der Waals surface area contributed by atoms with Crippen molar-refractivity contribution in [1.82, 2.24) is 15.5 Å². The van der Waals surface area contributed by atoms with Crippen molar-refractivity contribution in [2.24, 2.45) is 5.92 Å². The van der Waals surface area contributed by atoms with E-state index in [-0.39, 0.29) is 24.1 Å². The molecule has 0 aromatic heterocycles. The number of hydrogen-bond acceptors (Lipinski definition) is 4. The average molecular weight is 379 g/mol. The zero-order valence-electron chi connectivity index (χ0n) is 15.9. The number of benzene rings is 1. The zero-order chi connectivity index (χ0) is 19.5. The van der Waals surface area contributed by atoms with E-state index in [9.17, 15) is 14.4 Å². The van der Waals surface area contributed by atoms with E-state index in [4.69, 9.17) is 0 Å². The Morgan fingerprint density at radius 1 is 1.11 bits per heavy atom. The molecule has 1 aromatic carbocycles. The Balaban J connectivity index is 1.39. The maximum absolute atomic E-state index is 12.7. The summed E-state index contributed by atoms with van der Waals surface area (Å²) in [5, 5.41) is 5.71. The molecule has 0 aliphatic carbocycles. The van der Waals surface area contributed by atoms with Gasteiger partial charge in [-0.3, -0.25) is 19.7 Å². The third-order valence-corrected chi connectivity index (χ3v) is 5.89. The van der Waals surface area contributed by atoms with Crippen molar-refractivity contribution in [1.29, 1.82) is 0 Å². The summed E-state index contributed by atoms with van der Waals surface area (Å²) in [6.45, 7) is 2.62. The van der Waals surface area contributed by atoms with Crippen LogP contribution in [0, 0.1) is 17.8 Å². The van der Waals surface area contributed by atoms with Gasteiger partial charge in [-0.15, -0.1) is 0 Å². The van der Waals surface area contributed by atoms with Crippen LogP contribution in [0.15, 0.2) is 18.2 Å². The second-order valence-corrected chi connectivity index (χ2v) is 7.81. The summed E-state index contributed by atoms with van der Waals surface area (Å²) < 4.78 is 0. The molecule has 2 N–H and O–H groups in total. The molecule has 0 bridgehead atoms. The molecule has 1 aromatic rings. The van der Waals surface area contributed by atoms with Gasteiger partial charge in [0.1, 0.15) is 6.04 Å². The molecule has 2 fully saturated rings. The minimum absolute atomic E-state index is 0.144. The van der Waals surface area contributed by atoms with E-state index in [0.717, 1.165) is 43.0 Å². The molecule has 3 heterocycles. The Hall–Kier alpha value is -2.65. The number of rotatable bonds is 3. The summed E-state index contributed by atoms with van der Waals surface area (Å²) in [5.41, 5.74) is 2.44. The first kappa shape index (κ1) is 18.7. The van der Waals surface area contributed by atoms with E-state index >= 15 is 0 Å². The fraction of sp³-hybridized carbons (Fsp3) is 0.500. The lowest BCUT2D eigenvalue weighted by Crippen LogP contribution is -2.52. The van der Waals surface area contributed by atoms with Crippen LogP contribution in [0.5, 0.6) is 0 Å². The van der Waals surface area contributed by atoms with Gasteiger partial charge in [-0.2, -0.15) is 0 Å². The van der Waals surface area contributed by atoms with Crippen LogP contribution in [-0.2, 0) is 16.1 Å². The standard InChI is InChI=1S/C22H25N3O3/c26-20-8-7-19(21(27)24-20)25-14-17-13-16(5-6-18(17)22(25)28)4-2-1-3-15-9-11-23-12-10-15/h5-6,13,15,19,23H,1,3,7-12,14H2,(H,24,26,27). The Labute approximate surface area is 165 Å². The quantitative estimate of drug-likeness (QED) is 0.617. The third kappa shape index (κ3) is 3.95. The van der Waals surface area contributed by atoms with Crippen LogP contribution in [-0.4, -0.2) is 41.8 Å². The lowest BCUT2D eigenvalue weighted by Gasteiger charge is -2.29. The molecule has 1 atom stereocenters. The van der Waals surface area contributed by atoms with Gasteiger partial charge < -0.3 is 10.2 Å². The number of hydrogen-bond donors (Lipinski definition) is 2. The number of carbonyl (C=O) groups excluding carboxylic acids is 3. The Morgan fingerprint density at radius 2 is 1.93 bits per heavy atom. The first-order chi connectivity index (χ1) is 13.6. The number of carbonyl (C=O) groups is 3. The lowest BCUT2D eigenvalue weighted by atomic mass is 9.93. The highest BCUT2D eigenvalue weighted by Crippen LogP contribution is 2.28. The van der Waals surface area contributed by atoms with Crippen LogP contribution >= 0.6 is 0 Å². The molecule has 6 heteroatoms. The predicted octanol–water partition coefficient (Wildman–Crippen LogP) is 1.58. The van der Waals surface area contributed by atoms with Gasteiger partial charge in [0.15, 0.2) is 0 Å². The smallest absolute Gasteiger partial charge is 0.255 e. The summed E-state index contributed by atoms with van der Waals surface area (Å²) >= 11 is 0. The molecule has 0 spiro atoms. The molecule has 28 heavy (non-hydrogen) atoms. The van der Waals surface area contributed by atoms with E-state index in [1.807, 2.05) is 12.1 Å². The van der Waals surface area contributed by atoms with Crippen LogP contribution in [0.4, 0.5) is 0 Å². The number of nitrogens with zero attached hydrogens (tertiary/aromatic N) is 1. The average Bonchev–Trinajstić information content (AvgIpc) is 3.02. The van der Waals surface area contributed by atoms with Crippen molar-refractivity contribution in [3.63, 3.8) is 0 Å². The summed E-state index contributed by atoms with van der Waals surface area (Å²) in [5.74, 6) is 6.47. The van der Waals surface area contributed by atoms with Crippen LogP contribution < -0.4 is 10.6 Å². The molecular weight excluding hydrogens is 354 g/mol. The SMILES string of the molecule is O=C1CCC(N2Cc3cc(C#CCCC4CCNCC4)ccc3C2=O)C(=O)N1. The van der Waals surface area contributed by atoms with E-state index in [1.165, 1.54) is 12.8 Å². The Kier molecular flexibility index (Phi) is 5.45. The molecule has 146 valence electrons. The van der Waals surface area contributed by atoms with Crippen molar-refractivity contribution in [3.8, 4) is 11.8 Å². The van der Waals surface area contributed by atoms with E-state index in [0.29, 0.717) is 18.5 Å².